The van der Waals surface area contributed by atoms with Gasteiger partial charge in [-0.3, -0.25) is 4.57 Å². The quantitative estimate of drug-likeness (QED) is 0.773. The number of aromatic nitrogens is 5. The average molecular weight is 355 g/mol. The Morgan fingerprint density at radius 3 is 2.83 bits per heavy atom. The summed E-state index contributed by atoms with van der Waals surface area (Å²) in [5, 5.41) is 8.35. The minimum Gasteiger partial charge on any atom is -0.341 e. The molecule has 0 radical (unpaired) electrons. The highest BCUT2D eigenvalue weighted by Crippen LogP contribution is 2.46. The van der Waals surface area contributed by atoms with E-state index in [0.717, 1.165) is 11.5 Å². The van der Waals surface area contributed by atoms with Crippen molar-refractivity contribution in [1.29, 1.82) is 0 Å². The second-order valence-corrected chi connectivity index (χ2v) is 6.73. The Morgan fingerprint density at radius 1 is 1.38 bits per heavy atom. The van der Waals surface area contributed by atoms with Gasteiger partial charge in [-0.25, -0.2) is 13.8 Å². The zero-order chi connectivity index (χ0) is 17.1. The van der Waals surface area contributed by atoms with Gasteiger partial charge in [0.25, 0.3) is 0 Å². The zero-order valence-electron chi connectivity index (χ0n) is 13.4. The molecule has 0 amide bonds. The summed E-state index contributed by atoms with van der Waals surface area (Å²) < 4.78 is 29.5. The summed E-state index contributed by atoms with van der Waals surface area (Å²) in [4.78, 5) is 10.6. The van der Waals surface area contributed by atoms with Gasteiger partial charge in [0.2, 0.25) is 11.2 Å². The van der Waals surface area contributed by atoms with Gasteiger partial charge < -0.3 is 4.90 Å². The number of hydrogen-bond donors (Lipinski definition) is 0. The number of halogens is 3. The van der Waals surface area contributed by atoms with Crippen LogP contribution in [0.4, 0.5) is 14.6 Å². The minimum absolute atomic E-state index is 0.107. The van der Waals surface area contributed by atoms with Gasteiger partial charge in [-0.15, -0.1) is 10.2 Å². The normalized spacial score (nSPS) is 24.8. The molecule has 1 fully saturated rings. The number of alkyl halides is 2. The number of anilines is 1. The van der Waals surface area contributed by atoms with Crippen molar-refractivity contribution in [2.24, 2.45) is 0 Å². The zero-order valence-corrected chi connectivity index (χ0v) is 14.1. The Morgan fingerprint density at radius 2 is 2.17 bits per heavy atom. The van der Waals surface area contributed by atoms with E-state index in [1.54, 1.807) is 6.33 Å². The molecule has 1 aliphatic carbocycles. The minimum atomic E-state index is -2.64. The van der Waals surface area contributed by atoms with Crippen LogP contribution in [0.2, 0.25) is 5.28 Å². The van der Waals surface area contributed by atoms with Crippen molar-refractivity contribution >= 4 is 17.4 Å². The Kier molecular flexibility index (Phi) is 3.49. The first-order valence-corrected chi connectivity index (χ1v) is 8.39. The fourth-order valence-electron chi connectivity index (χ4n) is 3.87. The molecule has 2 aromatic rings. The molecule has 2 aromatic heterocycles. The van der Waals surface area contributed by atoms with E-state index < -0.39 is 5.92 Å². The van der Waals surface area contributed by atoms with Crippen LogP contribution in [0, 0.1) is 6.92 Å². The van der Waals surface area contributed by atoms with Gasteiger partial charge in [0.15, 0.2) is 11.6 Å². The lowest BCUT2D eigenvalue weighted by molar-refractivity contribution is 0.00746. The van der Waals surface area contributed by atoms with Gasteiger partial charge in [-0.1, -0.05) is 6.92 Å². The first-order valence-electron chi connectivity index (χ1n) is 8.02. The van der Waals surface area contributed by atoms with Gasteiger partial charge in [0.1, 0.15) is 12.0 Å². The second-order valence-electron chi connectivity index (χ2n) is 6.39. The molecule has 0 bridgehead atoms. The molecule has 4 rings (SSSR count). The molecule has 1 saturated carbocycles. The standard InChI is InChI=1S/C15H17ClF2N6/c1-3-10-12-22-19-7-23(12)11-8(2)20-14(16)21-13(11)24(10)9-4-5-15(17,18)6-9/h7,9-10H,3-6H2,1-2H3/t9?,10-/m1/s1. The van der Waals surface area contributed by atoms with Gasteiger partial charge in [-0.2, -0.15) is 4.98 Å². The van der Waals surface area contributed by atoms with Crippen molar-refractivity contribution < 1.29 is 8.78 Å². The van der Waals surface area contributed by atoms with E-state index >= 15 is 0 Å². The first-order chi connectivity index (χ1) is 11.4. The fraction of sp³-hybridized carbons (Fsp3) is 0.600. The lowest BCUT2D eigenvalue weighted by Crippen LogP contribution is -2.43. The second kappa shape index (κ2) is 5.34. The summed E-state index contributed by atoms with van der Waals surface area (Å²) >= 11 is 6.06. The van der Waals surface area contributed by atoms with Crippen LogP contribution in [0.25, 0.3) is 5.69 Å². The summed E-state index contributed by atoms with van der Waals surface area (Å²) in [6.45, 7) is 3.83. The van der Waals surface area contributed by atoms with Gasteiger partial charge >= 0.3 is 0 Å². The maximum atomic E-state index is 13.8. The highest BCUT2D eigenvalue weighted by molar-refractivity contribution is 6.28. The number of fused-ring (bicyclic) bond motifs is 3. The summed E-state index contributed by atoms with van der Waals surface area (Å²) in [6, 6.07) is -0.469. The highest BCUT2D eigenvalue weighted by atomic mass is 35.5. The number of hydrogen-bond acceptors (Lipinski definition) is 5. The number of rotatable bonds is 2. The van der Waals surface area contributed by atoms with Gasteiger partial charge in [-0.05, 0) is 31.4 Å². The monoisotopic (exact) mass is 354 g/mol. The molecular formula is C15H17ClF2N6. The number of aryl methyl sites for hydroxylation is 1. The topological polar surface area (TPSA) is 59.7 Å². The summed E-state index contributed by atoms with van der Waals surface area (Å²) in [5.41, 5.74) is 1.40. The fourth-order valence-corrected chi connectivity index (χ4v) is 4.07. The van der Waals surface area contributed by atoms with E-state index in [2.05, 4.69) is 20.2 Å². The largest absolute Gasteiger partial charge is 0.341 e. The Hall–Kier alpha value is -1.83. The Labute approximate surface area is 142 Å². The van der Waals surface area contributed by atoms with Crippen molar-refractivity contribution in [3.63, 3.8) is 0 Å². The maximum Gasteiger partial charge on any atom is 0.250 e. The predicted molar refractivity (Wildman–Crippen MR) is 84.8 cm³/mol. The molecule has 2 atom stereocenters. The predicted octanol–water partition coefficient (Wildman–Crippen LogP) is 3.48. The van der Waals surface area contributed by atoms with Crippen molar-refractivity contribution in [3.8, 4) is 5.69 Å². The third kappa shape index (κ3) is 2.27. The summed E-state index contributed by atoms with van der Waals surface area (Å²) in [5.74, 6) is -1.32. The molecule has 6 nitrogen and oxygen atoms in total. The molecule has 0 N–H and O–H groups in total. The molecule has 2 aliphatic rings. The molecule has 9 heteroatoms. The van der Waals surface area contributed by atoms with Crippen molar-refractivity contribution in [2.45, 2.75) is 57.5 Å². The summed E-state index contributed by atoms with van der Waals surface area (Å²) in [6.07, 6.45) is 2.45. The van der Waals surface area contributed by atoms with Crippen molar-refractivity contribution in [3.05, 3.63) is 23.1 Å². The third-order valence-corrected chi connectivity index (χ3v) is 5.03. The van der Waals surface area contributed by atoms with E-state index in [-0.39, 0.29) is 30.2 Å². The third-order valence-electron chi connectivity index (χ3n) is 4.86. The molecule has 3 heterocycles. The van der Waals surface area contributed by atoms with E-state index in [9.17, 15) is 8.78 Å². The first kappa shape index (κ1) is 15.7. The lowest BCUT2D eigenvalue weighted by atomic mass is 10.0. The Bertz CT molecular complexity index is 792. The van der Waals surface area contributed by atoms with Crippen LogP contribution in [0.1, 0.15) is 50.2 Å². The summed E-state index contributed by atoms with van der Waals surface area (Å²) in [7, 11) is 0. The van der Waals surface area contributed by atoms with Gasteiger partial charge in [0, 0.05) is 18.9 Å². The lowest BCUT2D eigenvalue weighted by Gasteiger charge is -2.41. The average Bonchev–Trinajstić information content (AvgIpc) is 3.11. The molecule has 0 saturated heterocycles. The van der Waals surface area contributed by atoms with Crippen LogP contribution >= 0.6 is 11.6 Å². The van der Waals surface area contributed by atoms with Gasteiger partial charge in [0.05, 0.1) is 11.7 Å². The van der Waals surface area contributed by atoms with Crippen LogP contribution < -0.4 is 4.90 Å². The molecule has 0 spiro atoms. The van der Waals surface area contributed by atoms with E-state index in [4.69, 9.17) is 11.6 Å². The SMILES string of the molecule is CC[C@@H]1c2nncn2-c2c(C)nc(Cl)nc2N1C1CCC(F)(F)C1. The van der Waals surface area contributed by atoms with E-state index in [0.29, 0.717) is 24.4 Å². The van der Waals surface area contributed by atoms with E-state index in [1.165, 1.54) is 0 Å². The highest BCUT2D eigenvalue weighted by Gasteiger charge is 2.47. The molecule has 0 aromatic carbocycles. The molecule has 1 unspecified atom stereocenters. The van der Waals surface area contributed by atoms with Crippen LogP contribution in [0.5, 0.6) is 0 Å². The van der Waals surface area contributed by atoms with Crippen molar-refractivity contribution in [1.82, 2.24) is 24.7 Å². The molecule has 1 aliphatic heterocycles. The smallest absolute Gasteiger partial charge is 0.250 e. The van der Waals surface area contributed by atoms with E-state index in [1.807, 2.05) is 23.3 Å². The van der Waals surface area contributed by atoms with Crippen LogP contribution in [0.15, 0.2) is 6.33 Å². The van der Waals surface area contributed by atoms with Crippen LogP contribution in [-0.2, 0) is 0 Å². The number of nitrogens with zero attached hydrogens (tertiary/aromatic N) is 6. The van der Waals surface area contributed by atoms with Crippen LogP contribution in [-0.4, -0.2) is 36.7 Å². The Balaban J connectivity index is 1.91. The maximum absolute atomic E-state index is 13.8. The molecule has 128 valence electrons. The molecule has 24 heavy (non-hydrogen) atoms. The molecular weight excluding hydrogens is 338 g/mol. The van der Waals surface area contributed by atoms with Crippen LogP contribution in [0.3, 0.4) is 0 Å². The van der Waals surface area contributed by atoms with Crippen molar-refractivity contribution in [2.75, 3.05) is 4.90 Å².